The first-order valence-corrected chi connectivity index (χ1v) is 10.2. The van der Waals surface area contributed by atoms with Crippen LogP contribution in [0.5, 0.6) is 0 Å². The largest absolute Gasteiger partial charge is 0.394 e. The van der Waals surface area contributed by atoms with Crippen LogP contribution in [0.15, 0.2) is 12.7 Å². The predicted octanol–water partition coefficient (Wildman–Crippen LogP) is 5.38. The lowest BCUT2D eigenvalue weighted by atomic mass is 10.0. The van der Waals surface area contributed by atoms with Gasteiger partial charge in [0.05, 0.1) is 13.2 Å². The summed E-state index contributed by atoms with van der Waals surface area (Å²) in [5, 5.41) is 24.0. The summed E-state index contributed by atoms with van der Waals surface area (Å²) in [6, 6.07) is 0. The minimum atomic E-state index is -0.954. The molecule has 3 heteroatoms. The van der Waals surface area contributed by atoms with E-state index in [0.717, 1.165) is 0 Å². The first-order valence-electron chi connectivity index (χ1n) is 10.2. The second kappa shape index (κ2) is 24.9. The molecule has 0 amide bonds. The highest BCUT2D eigenvalue weighted by molar-refractivity contribution is 4.65. The van der Waals surface area contributed by atoms with Crippen LogP contribution in [-0.4, -0.2) is 34.6 Å². The molecule has 0 unspecified atom stereocenters. The molecule has 0 bridgehead atoms. The Balaban J connectivity index is 0. The minimum Gasteiger partial charge on any atom is -0.394 e. The minimum absolute atomic E-state index is 0.365. The third kappa shape index (κ3) is 26.5. The highest BCUT2D eigenvalue weighted by Crippen LogP contribution is 2.13. The Morgan fingerprint density at radius 2 is 1.00 bits per heavy atom. The summed E-state index contributed by atoms with van der Waals surface area (Å²) in [4.78, 5) is 0. The van der Waals surface area contributed by atoms with E-state index in [2.05, 4.69) is 13.5 Å². The van der Waals surface area contributed by atoms with Crippen molar-refractivity contribution in [1.29, 1.82) is 0 Å². The summed E-state index contributed by atoms with van der Waals surface area (Å²) in [6.07, 6.45) is 22.5. The number of hydrogen-bond acceptors (Lipinski definition) is 3. The summed E-state index contributed by atoms with van der Waals surface area (Å²) in [6.45, 7) is 5.32. The molecule has 146 valence electrons. The van der Waals surface area contributed by atoms with E-state index in [1.54, 1.807) is 0 Å². The summed E-state index contributed by atoms with van der Waals surface area (Å²) >= 11 is 0. The maximum absolute atomic E-state index is 8.17. The lowest BCUT2D eigenvalue weighted by molar-refractivity contribution is 0.0450. The number of hydrogen-bond donors (Lipinski definition) is 3. The SMILES string of the molecule is C=CCCCCCCCCCCCCCCCC.OCC(O)CO. The molecule has 0 aliphatic heterocycles. The van der Waals surface area contributed by atoms with Crippen molar-refractivity contribution in [3.05, 3.63) is 12.7 Å². The molecule has 24 heavy (non-hydrogen) atoms. The van der Waals surface area contributed by atoms with Crippen molar-refractivity contribution in [2.45, 2.75) is 109 Å². The van der Waals surface area contributed by atoms with Crippen LogP contribution in [-0.2, 0) is 0 Å². The lowest BCUT2D eigenvalue weighted by Gasteiger charge is -2.02. The highest BCUT2D eigenvalue weighted by atomic mass is 16.3. The van der Waals surface area contributed by atoms with Gasteiger partial charge in [0.25, 0.3) is 0 Å². The third-order valence-corrected chi connectivity index (χ3v) is 4.18. The number of allylic oxidation sites excluding steroid dienone is 1. The van der Waals surface area contributed by atoms with Crippen LogP contribution in [0.2, 0.25) is 0 Å². The van der Waals surface area contributed by atoms with Gasteiger partial charge in [-0.15, -0.1) is 6.58 Å². The maximum atomic E-state index is 8.17. The molecule has 0 heterocycles. The monoisotopic (exact) mass is 344 g/mol. The lowest BCUT2D eigenvalue weighted by Crippen LogP contribution is -2.15. The zero-order chi connectivity index (χ0) is 18.3. The van der Waals surface area contributed by atoms with E-state index >= 15 is 0 Å². The van der Waals surface area contributed by atoms with Gasteiger partial charge < -0.3 is 15.3 Å². The highest BCUT2D eigenvalue weighted by Gasteiger charge is 1.94. The van der Waals surface area contributed by atoms with Crippen molar-refractivity contribution in [1.82, 2.24) is 0 Å². The van der Waals surface area contributed by atoms with E-state index in [1.807, 2.05) is 6.08 Å². The molecule has 0 aromatic heterocycles. The van der Waals surface area contributed by atoms with Crippen molar-refractivity contribution in [3.63, 3.8) is 0 Å². The molecule has 3 N–H and O–H groups in total. The maximum Gasteiger partial charge on any atom is 0.100 e. The van der Waals surface area contributed by atoms with Gasteiger partial charge in [-0.05, 0) is 12.8 Å². The van der Waals surface area contributed by atoms with Gasteiger partial charge in [-0.3, -0.25) is 0 Å². The van der Waals surface area contributed by atoms with Gasteiger partial charge in [-0.1, -0.05) is 96.5 Å². The number of rotatable bonds is 17. The molecule has 0 saturated heterocycles. The fraction of sp³-hybridized carbons (Fsp3) is 0.905. The van der Waals surface area contributed by atoms with Crippen molar-refractivity contribution in [2.75, 3.05) is 13.2 Å². The fourth-order valence-corrected chi connectivity index (χ4v) is 2.54. The van der Waals surface area contributed by atoms with Crippen molar-refractivity contribution < 1.29 is 15.3 Å². The Bertz CT molecular complexity index is 215. The molecule has 0 aliphatic carbocycles. The van der Waals surface area contributed by atoms with Crippen LogP contribution in [0.1, 0.15) is 103 Å². The Morgan fingerprint density at radius 3 is 1.25 bits per heavy atom. The van der Waals surface area contributed by atoms with E-state index in [1.165, 1.54) is 96.3 Å². The van der Waals surface area contributed by atoms with Crippen molar-refractivity contribution >= 4 is 0 Å². The topological polar surface area (TPSA) is 60.7 Å². The van der Waals surface area contributed by atoms with Crippen LogP contribution in [0.4, 0.5) is 0 Å². The fourth-order valence-electron chi connectivity index (χ4n) is 2.54. The normalized spacial score (nSPS) is 10.5. The number of aliphatic hydroxyl groups excluding tert-OH is 3. The van der Waals surface area contributed by atoms with E-state index in [-0.39, 0.29) is 13.2 Å². The molecule has 0 fully saturated rings. The first-order chi connectivity index (χ1) is 11.7. The van der Waals surface area contributed by atoms with Gasteiger partial charge in [-0.2, -0.15) is 0 Å². The second-order valence-electron chi connectivity index (χ2n) is 6.69. The molecular formula is C21H44O3. The van der Waals surface area contributed by atoms with Crippen LogP contribution in [0.3, 0.4) is 0 Å². The summed E-state index contributed by atoms with van der Waals surface area (Å²) in [7, 11) is 0. The van der Waals surface area contributed by atoms with Gasteiger partial charge in [0.15, 0.2) is 0 Å². The molecule has 3 nitrogen and oxygen atoms in total. The van der Waals surface area contributed by atoms with E-state index < -0.39 is 6.10 Å². The molecule has 0 atom stereocenters. The Labute approximate surface area is 151 Å². The van der Waals surface area contributed by atoms with Crippen LogP contribution in [0.25, 0.3) is 0 Å². The molecule has 0 aliphatic rings. The summed E-state index contributed by atoms with van der Waals surface area (Å²) in [5.41, 5.74) is 0. The van der Waals surface area contributed by atoms with Crippen LogP contribution < -0.4 is 0 Å². The number of unbranched alkanes of at least 4 members (excludes halogenated alkanes) is 14. The van der Waals surface area contributed by atoms with Crippen LogP contribution in [0, 0.1) is 0 Å². The quantitative estimate of drug-likeness (QED) is 0.245. The second-order valence-corrected chi connectivity index (χ2v) is 6.69. The molecule has 0 rings (SSSR count). The van der Waals surface area contributed by atoms with E-state index in [4.69, 9.17) is 15.3 Å². The summed E-state index contributed by atoms with van der Waals surface area (Å²) < 4.78 is 0. The van der Waals surface area contributed by atoms with Crippen LogP contribution >= 0.6 is 0 Å². The van der Waals surface area contributed by atoms with Crippen molar-refractivity contribution in [3.8, 4) is 0 Å². The molecule has 0 aromatic carbocycles. The predicted molar refractivity (Wildman–Crippen MR) is 105 cm³/mol. The zero-order valence-corrected chi connectivity index (χ0v) is 16.2. The Hall–Kier alpha value is -0.380. The standard InChI is InChI=1S/C18H36.C3H8O3/c1-3-5-7-9-11-13-15-17-18-16-14-12-10-8-6-4-2;4-1-3(6)2-5/h3H,1,4-18H2,2H3;3-6H,1-2H2. The van der Waals surface area contributed by atoms with Gasteiger partial charge in [0.1, 0.15) is 6.10 Å². The first kappa shape index (κ1) is 25.9. The Morgan fingerprint density at radius 1 is 0.667 bits per heavy atom. The van der Waals surface area contributed by atoms with Gasteiger partial charge in [0, 0.05) is 0 Å². The van der Waals surface area contributed by atoms with Crippen molar-refractivity contribution in [2.24, 2.45) is 0 Å². The zero-order valence-electron chi connectivity index (χ0n) is 16.2. The van der Waals surface area contributed by atoms with E-state index in [0.29, 0.717) is 0 Å². The van der Waals surface area contributed by atoms with E-state index in [9.17, 15) is 0 Å². The molecular weight excluding hydrogens is 300 g/mol. The average Bonchev–Trinajstić information content (AvgIpc) is 2.62. The Kier molecular flexibility index (Phi) is 26.8. The number of aliphatic hydroxyl groups is 3. The molecule has 0 radical (unpaired) electrons. The smallest absolute Gasteiger partial charge is 0.100 e. The molecule has 0 saturated carbocycles. The van der Waals surface area contributed by atoms with Gasteiger partial charge >= 0.3 is 0 Å². The van der Waals surface area contributed by atoms with Gasteiger partial charge in [-0.25, -0.2) is 0 Å². The molecule has 0 aromatic rings. The summed E-state index contributed by atoms with van der Waals surface area (Å²) in [5.74, 6) is 0. The molecule has 0 spiro atoms. The third-order valence-electron chi connectivity index (χ3n) is 4.18. The van der Waals surface area contributed by atoms with Gasteiger partial charge in [0.2, 0.25) is 0 Å². The average molecular weight is 345 g/mol.